The van der Waals surface area contributed by atoms with Crippen molar-refractivity contribution in [2.24, 2.45) is 0 Å². The van der Waals surface area contributed by atoms with E-state index >= 15 is 0 Å². The van der Waals surface area contributed by atoms with Crippen molar-refractivity contribution < 1.29 is 20.4 Å². The first-order valence-electron chi connectivity index (χ1n) is 6.41. The summed E-state index contributed by atoms with van der Waals surface area (Å²) < 4.78 is 0. The first-order valence-corrected chi connectivity index (χ1v) is 6.41. The van der Waals surface area contributed by atoms with Crippen LogP contribution < -0.4 is 0 Å². The second-order valence-corrected chi connectivity index (χ2v) is 3.74. The Morgan fingerprint density at radius 2 is 1.12 bits per heavy atom. The van der Waals surface area contributed by atoms with Crippen molar-refractivity contribution in [2.45, 2.75) is 73.0 Å². The van der Waals surface area contributed by atoms with E-state index in [0.29, 0.717) is 6.61 Å². The zero-order chi connectivity index (χ0) is 14.7. The van der Waals surface area contributed by atoms with Gasteiger partial charge in [-0.2, -0.15) is 0 Å². The van der Waals surface area contributed by atoms with Crippen molar-refractivity contribution in [3.05, 3.63) is 0 Å². The molecule has 0 aromatic rings. The van der Waals surface area contributed by atoms with Crippen LogP contribution in [0.15, 0.2) is 0 Å². The molecule has 0 bridgehead atoms. The van der Waals surface area contributed by atoms with Gasteiger partial charge in [0.25, 0.3) is 0 Å². The summed E-state index contributed by atoms with van der Waals surface area (Å²) in [5.74, 6) is 0. The monoisotopic (exact) mass is 254 g/mol. The lowest BCUT2D eigenvalue weighted by atomic mass is 10.3. The minimum absolute atomic E-state index is 0.116. The molecule has 0 radical (unpaired) electrons. The van der Waals surface area contributed by atoms with Gasteiger partial charge in [0, 0.05) is 19.3 Å². The Bertz CT molecular complexity index is 80.7. The SMILES string of the molecule is CC(C)O.CCC(C)O.CCCCO.CCO. The van der Waals surface area contributed by atoms with E-state index in [2.05, 4.69) is 6.92 Å². The second-order valence-electron chi connectivity index (χ2n) is 3.74. The molecular weight excluding hydrogens is 220 g/mol. The summed E-state index contributed by atoms with van der Waals surface area (Å²) in [7, 11) is 0. The van der Waals surface area contributed by atoms with Crippen LogP contribution in [0.1, 0.15) is 60.8 Å². The molecule has 0 saturated heterocycles. The van der Waals surface area contributed by atoms with Crippen LogP contribution in [0.5, 0.6) is 0 Å². The lowest BCUT2D eigenvalue weighted by Crippen LogP contribution is -1.93. The van der Waals surface area contributed by atoms with E-state index in [1.807, 2.05) is 6.92 Å². The van der Waals surface area contributed by atoms with E-state index < -0.39 is 0 Å². The summed E-state index contributed by atoms with van der Waals surface area (Å²) in [4.78, 5) is 0. The molecule has 17 heavy (non-hydrogen) atoms. The average Bonchev–Trinajstić information content (AvgIpc) is 2.20. The van der Waals surface area contributed by atoms with Crippen LogP contribution >= 0.6 is 0 Å². The van der Waals surface area contributed by atoms with Gasteiger partial charge in [0.05, 0.1) is 6.10 Å². The molecular formula is C13H34O4. The summed E-state index contributed by atoms with van der Waals surface area (Å²) in [5, 5.41) is 32.1. The Kier molecular flexibility index (Phi) is 44.8. The number of hydrogen-bond acceptors (Lipinski definition) is 4. The number of aliphatic hydroxyl groups is 4. The lowest BCUT2D eigenvalue weighted by molar-refractivity contribution is 0.191. The lowest BCUT2D eigenvalue weighted by Gasteiger charge is -1.90. The van der Waals surface area contributed by atoms with Gasteiger partial charge in [0.15, 0.2) is 0 Å². The van der Waals surface area contributed by atoms with Crippen LogP contribution in [0.2, 0.25) is 0 Å². The number of unbranched alkanes of at least 4 members (excludes halogenated alkanes) is 1. The molecule has 0 aliphatic carbocycles. The fourth-order valence-corrected chi connectivity index (χ4v) is 0.158. The zero-order valence-electron chi connectivity index (χ0n) is 12.5. The summed E-state index contributed by atoms with van der Waals surface area (Å²) >= 11 is 0. The topological polar surface area (TPSA) is 80.9 Å². The molecule has 1 atom stereocenters. The van der Waals surface area contributed by atoms with Crippen LogP contribution in [-0.2, 0) is 0 Å². The standard InChI is InChI=1S/2C4H10O.C3H8O.C2H6O/c1-3-4(2)5;1-2-3-4-5;1-3(2)4;1-2-3/h4-5H,3H2,1-2H3;5H,2-4H2,1H3;3-4H,1-2H3;3H,2H2,1H3. The molecule has 0 aromatic heterocycles. The highest BCUT2D eigenvalue weighted by Gasteiger charge is 1.81. The number of rotatable bonds is 3. The quantitative estimate of drug-likeness (QED) is 0.620. The van der Waals surface area contributed by atoms with Crippen LogP contribution in [0, 0.1) is 0 Å². The van der Waals surface area contributed by atoms with Crippen molar-refractivity contribution in [3.63, 3.8) is 0 Å². The number of hydrogen-bond donors (Lipinski definition) is 4. The molecule has 0 aliphatic heterocycles. The van der Waals surface area contributed by atoms with Crippen molar-refractivity contribution >= 4 is 0 Å². The molecule has 0 spiro atoms. The van der Waals surface area contributed by atoms with Gasteiger partial charge in [-0.05, 0) is 40.5 Å². The highest BCUT2D eigenvalue weighted by molar-refractivity contribution is 4.34. The Balaban J connectivity index is -0.0000000676. The molecule has 0 aromatic carbocycles. The van der Waals surface area contributed by atoms with E-state index in [1.54, 1.807) is 27.7 Å². The predicted molar refractivity (Wildman–Crippen MR) is 74.1 cm³/mol. The third-order valence-corrected chi connectivity index (χ3v) is 1.10. The second kappa shape index (κ2) is 29.7. The Labute approximate surface area is 107 Å². The molecule has 0 heterocycles. The number of aliphatic hydroxyl groups excluding tert-OH is 4. The third kappa shape index (κ3) is 206. The highest BCUT2D eigenvalue weighted by Crippen LogP contribution is 1.81. The van der Waals surface area contributed by atoms with E-state index in [-0.39, 0.29) is 18.8 Å². The maximum absolute atomic E-state index is 8.36. The zero-order valence-corrected chi connectivity index (χ0v) is 12.5. The predicted octanol–water partition coefficient (Wildman–Crippen LogP) is 1.94. The molecule has 4 heteroatoms. The first-order chi connectivity index (χ1) is 7.83. The maximum Gasteiger partial charge on any atom is 0.0509 e. The summed E-state index contributed by atoms with van der Waals surface area (Å²) in [6, 6.07) is 0. The van der Waals surface area contributed by atoms with Crippen molar-refractivity contribution in [1.29, 1.82) is 0 Å². The summed E-state index contributed by atoms with van der Waals surface area (Å²) in [5.41, 5.74) is 0. The van der Waals surface area contributed by atoms with Gasteiger partial charge >= 0.3 is 0 Å². The van der Waals surface area contributed by atoms with Crippen molar-refractivity contribution in [2.75, 3.05) is 13.2 Å². The Morgan fingerprint density at radius 1 is 0.882 bits per heavy atom. The van der Waals surface area contributed by atoms with Crippen molar-refractivity contribution in [3.8, 4) is 0 Å². The molecule has 1 unspecified atom stereocenters. The van der Waals surface area contributed by atoms with Gasteiger partial charge in [-0.15, -0.1) is 0 Å². The van der Waals surface area contributed by atoms with Crippen molar-refractivity contribution in [1.82, 2.24) is 0 Å². The van der Waals surface area contributed by atoms with E-state index in [9.17, 15) is 0 Å². The minimum Gasteiger partial charge on any atom is -0.397 e. The Morgan fingerprint density at radius 3 is 1.12 bits per heavy atom. The Hall–Kier alpha value is -0.160. The molecule has 0 fully saturated rings. The summed E-state index contributed by atoms with van der Waals surface area (Å²) in [6.45, 7) is 11.5. The normalized spacial score (nSPS) is 10.1. The molecule has 0 amide bonds. The largest absolute Gasteiger partial charge is 0.397 e. The molecule has 110 valence electrons. The van der Waals surface area contributed by atoms with Gasteiger partial charge < -0.3 is 20.4 Å². The molecule has 0 saturated carbocycles. The van der Waals surface area contributed by atoms with E-state index in [4.69, 9.17) is 20.4 Å². The molecule has 4 nitrogen and oxygen atoms in total. The van der Waals surface area contributed by atoms with Crippen LogP contribution in [0.4, 0.5) is 0 Å². The molecule has 4 N–H and O–H groups in total. The fraction of sp³-hybridized carbons (Fsp3) is 1.00. The van der Waals surface area contributed by atoms with Crippen LogP contribution in [-0.4, -0.2) is 45.8 Å². The minimum atomic E-state index is -0.167. The average molecular weight is 254 g/mol. The van der Waals surface area contributed by atoms with E-state index in [1.165, 1.54) is 0 Å². The fourth-order valence-electron chi connectivity index (χ4n) is 0.158. The van der Waals surface area contributed by atoms with Gasteiger partial charge in [-0.1, -0.05) is 20.3 Å². The van der Waals surface area contributed by atoms with Crippen LogP contribution in [0.25, 0.3) is 0 Å². The molecule has 0 aliphatic rings. The van der Waals surface area contributed by atoms with Gasteiger partial charge in [0.1, 0.15) is 0 Å². The molecule has 0 rings (SSSR count). The van der Waals surface area contributed by atoms with Gasteiger partial charge in [-0.3, -0.25) is 0 Å². The summed E-state index contributed by atoms with van der Waals surface area (Å²) in [6.07, 6.45) is 2.62. The third-order valence-electron chi connectivity index (χ3n) is 1.10. The maximum atomic E-state index is 8.36. The first kappa shape index (κ1) is 25.6. The van der Waals surface area contributed by atoms with Gasteiger partial charge in [0.2, 0.25) is 0 Å². The van der Waals surface area contributed by atoms with Crippen LogP contribution in [0.3, 0.4) is 0 Å². The highest BCUT2D eigenvalue weighted by atomic mass is 16.3. The van der Waals surface area contributed by atoms with E-state index in [0.717, 1.165) is 19.3 Å². The smallest absolute Gasteiger partial charge is 0.0509 e. The van der Waals surface area contributed by atoms with Gasteiger partial charge in [-0.25, -0.2) is 0 Å².